The molecule has 2 aromatic rings. The van der Waals surface area contributed by atoms with Gasteiger partial charge in [0.05, 0.1) is 42.4 Å². The summed E-state index contributed by atoms with van der Waals surface area (Å²) in [6.45, 7) is 9.91. The minimum atomic E-state index is -4.63. The maximum absolute atomic E-state index is 14.2. The Morgan fingerprint density at radius 3 is 2.58 bits per heavy atom. The number of aryl methyl sites for hydroxylation is 1. The van der Waals surface area contributed by atoms with E-state index in [2.05, 4.69) is 36.8 Å². The lowest BCUT2D eigenvalue weighted by atomic mass is 9.88. The number of hydrogen-bond acceptors (Lipinski definition) is 7. The molecule has 1 fully saturated rings. The Balaban J connectivity index is 1.60. The SMILES string of the molecule is C=NCC(C)(C)n1cc(Nc2ncc(F)c(OCC3CCC(OC(F)(F)F)CC3)n2)c(C)n1. The molecule has 0 bridgehead atoms. The molecule has 2 aromatic heterocycles. The monoisotopic (exact) mass is 472 g/mol. The second-order valence-electron chi connectivity index (χ2n) is 8.76. The summed E-state index contributed by atoms with van der Waals surface area (Å²) in [6.07, 6.45) is -1.16. The van der Waals surface area contributed by atoms with Gasteiger partial charge in [0, 0.05) is 6.20 Å². The maximum atomic E-state index is 14.2. The van der Waals surface area contributed by atoms with Gasteiger partial charge in [-0.05, 0) is 59.1 Å². The number of aromatic nitrogens is 4. The predicted molar refractivity (Wildman–Crippen MR) is 114 cm³/mol. The van der Waals surface area contributed by atoms with Crippen LogP contribution < -0.4 is 10.1 Å². The molecule has 1 saturated carbocycles. The lowest BCUT2D eigenvalue weighted by molar-refractivity contribution is -0.345. The van der Waals surface area contributed by atoms with Crippen molar-refractivity contribution >= 4 is 18.4 Å². The van der Waals surface area contributed by atoms with E-state index in [1.807, 2.05) is 20.8 Å². The van der Waals surface area contributed by atoms with Gasteiger partial charge in [-0.15, -0.1) is 13.2 Å². The molecule has 0 radical (unpaired) electrons. The Hall–Kier alpha value is -2.76. The maximum Gasteiger partial charge on any atom is 0.522 e. The van der Waals surface area contributed by atoms with Crippen molar-refractivity contribution in [1.82, 2.24) is 19.7 Å². The van der Waals surface area contributed by atoms with Crippen LogP contribution in [-0.4, -0.2) is 52.1 Å². The van der Waals surface area contributed by atoms with E-state index in [-0.39, 0.29) is 42.7 Å². The van der Waals surface area contributed by atoms with Gasteiger partial charge < -0.3 is 10.1 Å². The zero-order valence-electron chi connectivity index (χ0n) is 18.8. The molecule has 0 saturated heterocycles. The third-order valence-corrected chi connectivity index (χ3v) is 5.53. The van der Waals surface area contributed by atoms with Crippen molar-refractivity contribution in [3.05, 3.63) is 23.9 Å². The van der Waals surface area contributed by atoms with E-state index < -0.39 is 18.3 Å². The number of aliphatic imine (C=N–C) groups is 1. The zero-order chi connectivity index (χ0) is 24.2. The van der Waals surface area contributed by atoms with Gasteiger partial charge in [0.25, 0.3) is 5.88 Å². The van der Waals surface area contributed by atoms with Gasteiger partial charge in [-0.25, -0.2) is 4.98 Å². The van der Waals surface area contributed by atoms with E-state index >= 15 is 0 Å². The van der Waals surface area contributed by atoms with Crippen molar-refractivity contribution in [2.75, 3.05) is 18.5 Å². The largest absolute Gasteiger partial charge is 0.522 e. The van der Waals surface area contributed by atoms with Crippen LogP contribution in [0.1, 0.15) is 45.2 Å². The topological polar surface area (TPSA) is 86.5 Å². The first-order valence-corrected chi connectivity index (χ1v) is 10.6. The smallest absolute Gasteiger partial charge is 0.475 e. The molecule has 0 atom stereocenters. The lowest BCUT2D eigenvalue weighted by Crippen LogP contribution is -2.30. The highest BCUT2D eigenvalue weighted by atomic mass is 19.4. The van der Waals surface area contributed by atoms with Crippen molar-refractivity contribution in [1.29, 1.82) is 0 Å². The van der Waals surface area contributed by atoms with Crippen LogP contribution in [0, 0.1) is 18.7 Å². The zero-order valence-corrected chi connectivity index (χ0v) is 18.8. The molecular weight excluding hydrogens is 444 g/mol. The Morgan fingerprint density at radius 1 is 1.24 bits per heavy atom. The van der Waals surface area contributed by atoms with Crippen LogP contribution in [-0.2, 0) is 10.3 Å². The molecule has 1 aliphatic carbocycles. The van der Waals surface area contributed by atoms with E-state index in [4.69, 9.17) is 4.74 Å². The summed E-state index contributed by atoms with van der Waals surface area (Å²) in [4.78, 5) is 12.0. The van der Waals surface area contributed by atoms with Gasteiger partial charge in [-0.1, -0.05) is 0 Å². The van der Waals surface area contributed by atoms with Crippen LogP contribution in [0.5, 0.6) is 5.88 Å². The van der Waals surface area contributed by atoms with E-state index in [9.17, 15) is 17.6 Å². The van der Waals surface area contributed by atoms with Crippen molar-refractivity contribution in [3.8, 4) is 5.88 Å². The fraction of sp³-hybridized carbons (Fsp3) is 0.619. The second kappa shape index (κ2) is 10.0. The third kappa shape index (κ3) is 6.86. The molecule has 0 aliphatic heterocycles. The number of anilines is 2. The van der Waals surface area contributed by atoms with Crippen molar-refractivity contribution < 1.29 is 27.0 Å². The fourth-order valence-electron chi connectivity index (χ4n) is 3.67. The molecule has 0 amide bonds. The first kappa shape index (κ1) is 24.9. The number of ether oxygens (including phenoxy) is 2. The molecule has 12 heteroatoms. The Kier molecular flexibility index (Phi) is 7.55. The first-order valence-electron chi connectivity index (χ1n) is 10.6. The molecule has 3 rings (SSSR count). The number of hydrogen-bond donors (Lipinski definition) is 1. The van der Waals surface area contributed by atoms with Crippen molar-refractivity contribution in [3.63, 3.8) is 0 Å². The molecule has 0 aromatic carbocycles. The quantitative estimate of drug-likeness (QED) is 0.418. The van der Waals surface area contributed by atoms with E-state index in [0.717, 1.165) is 6.20 Å². The summed E-state index contributed by atoms with van der Waals surface area (Å²) in [6, 6.07) is 0. The molecule has 1 aliphatic rings. The summed E-state index contributed by atoms with van der Waals surface area (Å²) >= 11 is 0. The fourth-order valence-corrected chi connectivity index (χ4v) is 3.67. The van der Waals surface area contributed by atoms with Crippen molar-refractivity contribution in [2.24, 2.45) is 10.9 Å². The first-order chi connectivity index (χ1) is 15.5. The molecule has 182 valence electrons. The van der Waals surface area contributed by atoms with Gasteiger partial charge in [-0.3, -0.25) is 14.4 Å². The summed E-state index contributed by atoms with van der Waals surface area (Å²) in [5.74, 6) is -0.816. The van der Waals surface area contributed by atoms with Crippen LogP contribution in [0.15, 0.2) is 17.4 Å². The number of nitrogens with one attached hydrogen (secondary N) is 1. The minimum Gasteiger partial charge on any atom is -0.475 e. The average molecular weight is 472 g/mol. The van der Waals surface area contributed by atoms with Gasteiger partial charge in [0.2, 0.25) is 11.8 Å². The van der Waals surface area contributed by atoms with Crippen molar-refractivity contribution in [2.45, 2.75) is 64.5 Å². The van der Waals surface area contributed by atoms with Crippen LogP contribution in [0.4, 0.5) is 29.2 Å². The Labute approximate surface area is 189 Å². The number of halogens is 4. The van der Waals surface area contributed by atoms with Crippen LogP contribution in [0.3, 0.4) is 0 Å². The standard InChI is InChI=1S/C21H28F4N6O2/c1-13-17(10-31(30-13)20(2,3)12-26-4)28-19-27-9-16(22)18(29-19)32-11-14-5-7-15(8-6-14)33-21(23,24)25/h9-10,14-15H,4-8,11-12H2,1-3H3,(H,27,28,29). The molecule has 8 nitrogen and oxygen atoms in total. The summed E-state index contributed by atoms with van der Waals surface area (Å²) in [5, 5.41) is 7.51. The van der Waals surface area contributed by atoms with Gasteiger partial charge >= 0.3 is 6.36 Å². The summed E-state index contributed by atoms with van der Waals surface area (Å²) in [5.41, 5.74) is 0.960. The highest BCUT2D eigenvalue weighted by Crippen LogP contribution is 2.31. The van der Waals surface area contributed by atoms with E-state index in [0.29, 0.717) is 30.8 Å². The van der Waals surface area contributed by atoms with E-state index in [1.165, 1.54) is 0 Å². The van der Waals surface area contributed by atoms with E-state index in [1.54, 1.807) is 10.9 Å². The highest BCUT2D eigenvalue weighted by molar-refractivity contribution is 5.55. The van der Waals surface area contributed by atoms with Gasteiger partial charge in [0.15, 0.2) is 0 Å². The molecule has 2 heterocycles. The van der Waals surface area contributed by atoms with Crippen LogP contribution in [0.25, 0.3) is 0 Å². The molecule has 0 spiro atoms. The Morgan fingerprint density at radius 2 is 1.94 bits per heavy atom. The van der Waals surface area contributed by atoms with Gasteiger partial charge in [0.1, 0.15) is 0 Å². The summed E-state index contributed by atoms with van der Waals surface area (Å²) < 4.78 is 62.6. The molecular formula is C21H28F4N6O2. The predicted octanol–water partition coefficient (Wildman–Crippen LogP) is 4.77. The summed E-state index contributed by atoms with van der Waals surface area (Å²) in [7, 11) is 0. The number of alkyl halides is 3. The Bertz CT molecular complexity index is 955. The minimum absolute atomic E-state index is 0.00923. The second-order valence-corrected chi connectivity index (χ2v) is 8.76. The highest BCUT2D eigenvalue weighted by Gasteiger charge is 2.35. The molecule has 1 N–H and O–H groups in total. The van der Waals surface area contributed by atoms with Crippen LogP contribution >= 0.6 is 0 Å². The number of nitrogens with zero attached hydrogens (tertiary/aromatic N) is 5. The van der Waals surface area contributed by atoms with Gasteiger partial charge in [-0.2, -0.15) is 14.5 Å². The average Bonchev–Trinajstić information content (AvgIpc) is 3.09. The number of rotatable bonds is 9. The normalized spacial score (nSPS) is 19.4. The van der Waals surface area contributed by atoms with Crippen LogP contribution in [0.2, 0.25) is 0 Å². The third-order valence-electron chi connectivity index (χ3n) is 5.53. The molecule has 0 unspecified atom stereocenters. The lowest BCUT2D eigenvalue weighted by Gasteiger charge is -2.28. The molecule has 33 heavy (non-hydrogen) atoms.